The molecule has 14 nitrogen and oxygen atoms in total. The minimum absolute atomic E-state index is 0.0817. The molecule has 1 saturated heterocycles. The summed E-state index contributed by atoms with van der Waals surface area (Å²) in [5, 5.41) is 4.84. The van der Waals surface area contributed by atoms with Gasteiger partial charge in [0, 0.05) is 25.4 Å². The van der Waals surface area contributed by atoms with Crippen LogP contribution in [0.3, 0.4) is 0 Å². The molecule has 3 fully saturated rings. The van der Waals surface area contributed by atoms with E-state index in [-0.39, 0.29) is 31.4 Å². The van der Waals surface area contributed by atoms with E-state index in [1.807, 2.05) is 26.0 Å². The van der Waals surface area contributed by atoms with E-state index in [0.717, 1.165) is 36.8 Å². The Bertz CT molecular complexity index is 1790. The van der Waals surface area contributed by atoms with Crippen LogP contribution in [0.1, 0.15) is 96.3 Å². The number of carbonyl (C=O) groups is 5. The van der Waals surface area contributed by atoms with Crippen molar-refractivity contribution >= 4 is 39.9 Å². The number of amides is 5. The topological polar surface area (TPSA) is 181 Å². The second kappa shape index (κ2) is 14.3. The predicted octanol–water partition coefficient (Wildman–Crippen LogP) is 3.67. The lowest BCUT2D eigenvalue weighted by molar-refractivity contribution is -0.143. The molecule has 3 aliphatic heterocycles. The van der Waals surface area contributed by atoms with Crippen molar-refractivity contribution in [2.75, 3.05) is 13.2 Å². The molecule has 0 radical (unpaired) electrons. The van der Waals surface area contributed by atoms with Crippen molar-refractivity contribution in [3.63, 3.8) is 0 Å². The van der Waals surface area contributed by atoms with Crippen molar-refractivity contribution in [1.29, 1.82) is 0 Å². The summed E-state index contributed by atoms with van der Waals surface area (Å²) >= 11 is 0. The summed E-state index contributed by atoms with van der Waals surface area (Å²) in [6.45, 7) is 13.9. The maximum Gasteiger partial charge on any atom is 0.410 e. The first-order valence-electron chi connectivity index (χ1n) is 18.6. The molecule has 2 saturated carbocycles. The number of carbonyl (C=O) groups excluding carboxylic acids is 5. The number of nitrogens with zero attached hydrogens (tertiary/aromatic N) is 2. The van der Waals surface area contributed by atoms with E-state index in [0.29, 0.717) is 25.9 Å². The fourth-order valence-electron chi connectivity index (χ4n) is 7.69. The summed E-state index contributed by atoms with van der Waals surface area (Å²) in [7, 11) is -3.91. The molecule has 5 amide bonds. The molecule has 3 heterocycles. The molecule has 3 N–H and O–H groups in total. The molecule has 4 bridgehead atoms. The normalized spacial score (nSPS) is 29.3. The number of fused-ring (bicyclic) bond motifs is 3. The van der Waals surface area contributed by atoms with Gasteiger partial charge < -0.3 is 25.0 Å². The first-order valence-corrected chi connectivity index (χ1v) is 20.2. The van der Waals surface area contributed by atoms with Crippen LogP contribution >= 0.6 is 0 Å². The van der Waals surface area contributed by atoms with Crippen LogP contribution in [0, 0.1) is 16.7 Å². The molecule has 5 atom stereocenters. The van der Waals surface area contributed by atoms with Gasteiger partial charge in [-0.15, -0.1) is 6.58 Å². The van der Waals surface area contributed by atoms with Gasteiger partial charge in [0.15, 0.2) is 0 Å². The first kappa shape index (κ1) is 38.6. The van der Waals surface area contributed by atoms with Gasteiger partial charge in [0.2, 0.25) is 21.8 Å². The Morgan fingerprint density at radius 3 is 2.45 bits per heavy atom. The monoisotopic (exact) mass is 755 g/mol. The third kappa shape index (κ3) is 8.34. The molecule has 15 heteroatoms. The van der Waals surface area contributed by atoms with Gasteiger partial charge in [-0.1, -0.05) is 65.3 Å². The SMILES string of the molecule is C=CC1C[C@]1(NC(=O)[C@@H]1C[C@@H]2CN1C(=O)[C@H](C(C)(C)C)NC(=O)OCC(C)(C)CCCCc1cccc3c1CN(C3)C(=O)O2)C(=O)NS(=O)(=O)C1CC1. The molecule has 2 aliphatic carbocycles. The molecular formula is C38H53N5O9S. The zero-order chi connectivity index (χ0) is 38.5. The predicted molar refractivity (Wildman–Crippen MR) is 194 cm³/mol. The smallest absolute Gasteiger partial charge is 0.410 e. The summed E-state index contributed by atoms with van der Waals surface area (Å²) in [6.07, 6.45) is 3.66. The maximum absolute atomic E-state index is 14.5. The van der Waals surface area contributed by atoms with Crippen LogP contribution in [0.2, 0.25) is 0 Å². The number of alkyl carbamates (subject to hydrolysis) is 1. The highest BCUT2D eigenvalue weighted by atomic mass is 32.2. The van der Waals surface area contributed by atoms with E-state index in [9.17, 15) is 32.4 Å². The van der Waals surface area contributed by atoms with E-state index in [4.69, 9.17) is 9.47 Å². The van der Waals surface area contributed by atoms with Crippen molar-refractivity contribution in [3.05, 3.63) is 47.5 Å². The lowest BCUT2D eigenvalue weighted by atomic mass is 9.85. The van der Waals surface area contributed by atoms with E-state index < -0.39 is 80.2 Å². The minimum atomic E-state index is -3.91. The highest BCUT2D eigenvalue weighted by molar-refractivity contribution is 7.91. The van der Waals surface area contributed by atoms with Gasteiger partial charge >= 0.3 is 12.2 Å². The van der Waals surface area contributed by atoms with Crippen LogP contribution in [0.5, 0.6) is 0 Å². The largest absolute Gasteiger partial charge is 0.449 e. The Morgan fingerprint density at radius 2 is 1.79 bits per heavy atom. The van der Waals surface area contributed by atoms with Gasteiger partial charge in [-0.05, 0) is 66.0 Å². The van der Waals surface area contributed by atoms with Crippen LogP contribution < -0.4 is 15.4 Å². The molecule has 0 spiro atoms. The number of aryl methyl sites for hydroxylation is 1. The maximum atomic E-state index is 14.5. The van der Waals surface area contributed by atoms with Gasteiger partial charge in [-0.3, -0.25) is 24.0 Å². The van der Waals surface area contributed by atoms with Crippen molar-refractivity contribution in [3.8, 4) is 0 Å². The van der Waals surface area contributed by atoms with Crippen LogP contribution in [-0.4, -0.2) is 90.3 Å². The Kier molecular flexibility index (Phi) is 10.4. The zero-order valence-electron chi connectivity index (χ0n) is 31.4. The summed E-state index contributed by atoms with van der Waals surface area (Å²) in [5.74, 6) is -2.71. The first-order chi connectivity index (χ1) is 24.8. The fraction of sp³-hybridized carbons (Fsp3) is 0.658. The number of sulfonamides is 1. The van der Waals surface area contributed by atoms with Gasteiger partial charge in [-0.2, -0.15) is 0 Å². The van der Waals surface area contributed by atoms with Crippen LogP contribution in [0.25, 0.3) is 0 Å². The van der Waals surface area contributed by atoms with Gasteiger partial charge in [0.05, 0.1) is 18.4 Å². The molecule has 1 unspecified atom stereocenters. The number of rotatable bonds is 6. The van der Waals surface area contributed by atoms with Gasteiger partial charge in [-0.25, -0.2) is 18.0 Å². The van der Waals surface area contributed by atoms with E-state index in [1.165, 1.54) is 16.5 Å². The summed E-state index contributed by atoms with van der Waals surface area (Å²) in [5.41, 5.74) is 0.580. The Morgan fingerprint density at radius 1 is 1.08 bits per heavy atom. The van der Waals surface area contributed by atoms with Crippen molar-refractivity contribution in [2.45, 2.75) is 128 Å². The highest BCUT2D eigenvalue weighted by Gasteiger charge is 2.62. The van der Waals surface area contributed by atoms with Gasteiger partial charge in [0.25, 0.3) is 5.91 Å². The number of hydrogen-bond donors (Lipinski definition) is 3. The second-order valence-electron chi connectivity index (χ2n) is 17.2. The average molecular weight is 756 g/mol. The number of ether oxygens (including phenoxy) is 2. The molecule has 5 aliphatic rings. The third-order valence-electron chi connectivity index (χ3n) is 11.2. The molecular weight excluding hydrogens is 703 g/mol. The number of cyclic esters (lactones) is 1. The average Bonchev–Trinajstić information content (AvgIpc) is 3.97. The lowest BCUT2D eigenvalue weighted by Gasteiger charge is -2.35. The summed E-state index contributed by atoms with van der Waals surface area (Å²) in [4.78, 5) is 71.9. The molecule has 1 aromatic rings. The van der Waals surface area contributed by atoms with E-state index >= 15 is 0 Å². The highest BCUT2D eigenvalue weighted by Crippen LogP contribution is 2.45. The lowest BCUT2D eigenvalue weighted by Crippen LogP contribution is -2.60. The number of hydrogen-bond acceptors (Lipinski definition) is 9. The van der Waals surface area contributed by atoms with Crippen molar-refractivity contribution in [1.82, 2.24) is 25.2 Å². The standard InChI is InChI=1S/C38H53N5O9S/c1-7-25-18-38(25,33(46)41-53(49,50)27-14-15-27)40-31(44)29-17-26-20-43(29)32(45)30(36(2,3)4)39-34(47)51-22-37(5,6)16-9-8-11-23-12-10-13-24-19-42(21-28(23)24)35(48)52-26/h7,10,12-13,25-27,29-30H,1,8-9,11,14-22H2,2-6H3,(H,39,47)(H,40,44)(H,41,46)/t25?,26-,29+,30-,38-/m1/s1. The molecule has 290 valence electrons. The Hall–Kier alpha value is -4.14. The Labute approximate surface area is 311 Å². The quantitative estimate of drug-likeness (QED) is 0.365. The fourth-order valence-corrected chi connectivity index (χ4v) is 9.06. The number of benzene rings is 1. The van der Waals surface area contributed by atoms with Crippen molar-refractivity contribution < 1.29 is 41.9 Å². The third-order valence-corrected chi connectivity index (χ3v) is 13.0. The molecule has 6 rings (SSSR count). The molecule has 53 heavy (non-hydrogen) atoms. The molecule has 1 aromatic carbocycles. The second-order valence-corrected chi connectivity index (χ2v) is 19.2. The van der Waals surface area contributed by atoms with Crippen LogP contribution in [0.15, 0.2) is 30.9 Å². The van der Waals surface area contributed by atoms with Crippen molar-refractivity contribution in [2.24, 2.45) is 16.7 Å². The zero-order valence-corrected chi connectivity index (χ0v) is 32.2. The van der Waals surface area contributed by atoms with Gasteiger partial charge in [0.1, 0.15) is 23.7 Å². The van der Waals surface area contributed by atoms with E-state index in [1.54, 1.807) is 25.7 Å². The summed E-state index contributed by atoms with van der Waals surface area (Å²) < 4.78 is 39.1. The Balaban J connectivity index is 1.28. The van der Waals surface area contributed by atoms with Crippen LogP contribution in [-0.2, 0) is 53.4 Å². The van der Waals surface area contributed by atoms with Crippen LogP contribution in [0.4, 0.5) is 9.59 Å². The number of nitrogens with one attached hydrogen (secondary N) is 3. The molecule has 0 aromatic heterocycles. The summed E-state index contributed by atoms with van der Waals surface area (Å²) in [6, 6.07) is 3.73. The van der Waals surface area contributed by atoms with E-state index in [2.05, 4.69) is 28.0 Å². The minimum Gasteiger partial charge on any atom is -0.449 e.